The molecule has 3 rings (SSSR count). The standard InChI is InChI=1S/C24H23F6N5OS/c1-5-13(2)18(12-35-15(4)31-11-20(35)24(28,29)30)21(36)33-14(3)19-10-32-22(37-19)34-17-8-6-16(7-9-17)23(25,26)27/h6-12,14H,2,5H2,1,3-4H3,(H,32,34)(H,33,36). The number of aryl methyl sites for hydroxylation is 1. The van der Waals surface area contributed by atoms with E-state index in [1.54, 1.807) is 13.8 Å². The van der Waals surface area contributed by atoms with E-state index in [-0.39, 0.29) is 11.4 Å². The van der Waals surface area contributed by atoms with Crippen molar-refractivity contribution >= 4 is 34.3 Å². The fraction of sp³-hybridized carbons (Fsp3) is 0.292. The predicted octanol–water partition coefficient (Wildman–Crippen LogP) is 7.11. The largest absolute Gasteiger partial charge is 0.433 e. The number of anilines is 2. The van der Waals surface area contributed by atoms with Gasteiger partial charge in [-0.3, -0.25) is 9.36 Å². The van der Waals surface area contributed by atoms with Crippen LogP contribution < -0.4 is 10.6 Å². The van der Waals surface area contributed by atoms with Gasteiger partial charge in [0, 0.05) is 23.0 Å². The van der Waals surface area contributed by atoms with E-state index in [4.69, 9.17) is 0 Å². The summed E-state index contributed by atoms with van der Waals surface area (Å²) in [5.74, 6) is -0.581. The van der Waals surface area contributed by atoms with Crippen LogP contribution in [0.2, 0.25) is 0 Å². The number of hydrogen-bond donors (Lipinski definition) is 2. The lowest BCUT2D eigenvalue weighted by molar-refractivity contribution is -0.142. The van der Waals surface area contributed by atoms with Crippen LogP contribution in [0.25, 0.3) is 6.20 Å². The number of carbonyl (C=O) groups excluding carboxylic acids is 1. The molecule has 13 heteroatoms. The lowest BCUT2D eigenvalue weighted by Crippen LogP contribution is -2.28. The number of carbonyl (C=O) groups is 1. The van der Waals surface area contributed by atoms with Gasteiger partial charge in [-0.15, -0.1) is 0 Å². The minimum atomic E-state index is -4.67. The van der Waals surface area contributed by atoms with E-state index in [9.17, 15) is 31.1 Å². The summed E-state index contributed by atoms with van der Waals surface area (Å²) in [7, 11) is 0. The van der Waals surface area contributed by atoms with Gasteiger partial charge in [0.1, 0.15) is 11.5 Å². The van der Waals surface area contributed by atoms with Crippen LogP contribution in [-0.4, -0.2) is 20.4 Å². The van der Waals surface area contributed by atoms with Crippen molar-refractivity contribution in [3.05, 3.63) is 76.3 Å². The van der Waals surface area contributed by atoms with Gasteiger partial charge in [-0.05, 0) is 50.1 Å². The predicted molar refractivity (Wildman–Crippen MR) is 129 cm³/mol. The van der Waals surface area contributed by atoms with E-state index >= 15 is 0 Å². The van der Waals surface area contributed by atoms with E-state index in [1.807, 2.05) is 0 Å². The maximum absolute atomic E-state index is 13.4. The molecule has 0 aliphatic rings. The molecule has 1 unspecified atom stereocenters. The zero-order valence-corrected chi connectivity index (χ0v) is 20.8. The molecule has 2 heterocycles. The maximum Gasteiger partial charge on any atom is 0.433 e. The molecule has 3 aromatic rings. The molecule has 0 spiro atoms. The highest BCUT2D eigenvalue weighted by molar-refractivity contribution is 7.15. The summed E-state index contributed by atoms with van der Waals surface area (Å²) >= 11 is 1.16. The quantitative estimate of drug-likeness (QED) is 0.180. The highest BCUT2D eigenvalue weighted by Crippen LogP contribution is 2.33. The number of nitrogens with zero attached hydrogens (tertiary/aromatic N) is 3. The summed E-state index contributed by atoms with van der Waals surface area (Å²) < 4.78 is 79.2. The molecule has 1 amide bonds. The average Bonchev–Trinajstić information content (AvgIpc) is 3.43. The Hall–Kier alpha value is -3.61. The molecule has 0 fully saturated rings. The fourth-order valence-corrected chi connectivity index (χ4v) is 4.05. The van der Waals surface area contributed by atoms with Crippen molar-refractivity contribution in [2.75, 3.05) is 5.32 Å². The Labute approximate surface area is 212 Å². The highest BCUT2D eigenvalue weighted by Gasteiger charge is 2.35. The number of halogens is 6. The van der Waals surface area contributed by atoms with Crippen LogP contribution in [0.4, 0.5) is 37.2 Å². The van der Waals surface area contributed by atoms with Gasteiger partial charge < -0.3 is 10.6 Å². The molecule has 0 bridgehead atoms. The van der Waals surface area contributed by atoms with Gasteiger partial charge in [-0.2, -0.15) is 26.3 Å². The molecular formula is C24H23F6N5OS. The normalized spacial score (nSPS) is 13.4. The third kappa shape index (κ3) is 6.79. The molecule has 1 aromatic carbocycles. The van der Waals surface area contributed by atoms with Crippen molar-refractivity contribution in [1.82, 2.24) is 19.9 Å². The van der Waals surface area contributed by atoms with Crippen molar-refractivity contribution in [3.8, 4) is 0 Å². The third-order valence-electron chi connectivity index (χ3n) is 5.34. The Balaban J connectivity index is 1.77. The summed E-state index contributed by atoms with van der Waals surface area (Å²) in [6, 6.07) is 3.86. The van der Waals surface area contributed by atoms with Crippen LogP contribution in [0.1, 0.15) is 48.3 Å². The van der Waals surface area contributed by atoms with Gasteiger partial charge in [-0.1, -0.05) is 24.8 Å². The van der Waals surface area contributed by atoms with E-state index in [0.29, 0.717) is 33.9 Å². The van der Waals surface area contributed by atoms with Gasteiger partial charge in [-0.25, -0.2) is 9.97 Å². The second kappa shape index (κ2) is 10.8. The van der Waals surface area contributed by atoms with Crippen molar-refractivity contribution in [2.24, 2.45) is 0 Å². The Morgan fingerprint density at radius 1 is 1.11 bits per heavy atom. The first kappa shape index (κ1) is 28.0. The molecule has 0 aliphatic heterocycles. The Kier molecular flexibility index (Phi) is 8.16. The lowest BCUT2D eigenvalue weighted by Gasteiger charge is -2.16. The molecule has 6 nitrogen and oxygen atoms in total. The second-order valence-corrected chi connectivity index (χ2v) is 9.08. The van der Waals surface area contributed by atoms with Gasteiger partial charge in [0.15, 0.2) is 5.13 Å². The Morgan fingerprint density at radius 3 is 2.32 bits per heavy atom. The molecule has 0 aliphatic carbocycles. The molecule has 198 valence electrons. The molecule has 1 atom stereocenters. The van der Waals surface area contributed by atoms with Crippen LogP contribution in [0.5, 0.6) is 0 Å². The van der Waals surface area contributed by atoms with Gasteiger partial charge in [0.2, 0.25) is 0 Å². The average molecular weight is 544 g/mol. The van der Waals surface area contributed by atoms with E-state index in [2.05, 4.69) is 27.2 Å². The van der Waals surface area contributed by atoms with Crippen LogP contribution in [0, 0.1) is 6.92 Å². The zero-order chi connectivity index (χ0) is 27.5. The number of alkyl halides is 6. The molecule has 2 aromatic heterocycles. The zero-order valence-electron chi connectivity index (χ0n) is 20.0. The van der Waals surface area contributed by atoms with Gasteiger partial charge >= 0.3 is 12.4 Å². The summed E-state index contributed by atoms with van der Waals surface area (Å²) in [6.07, 6.45) is -5.53. The molecule has 0 saturated carbocycles. The number of thiazole rings is 1. The van der Waals surface area contributed by atoms with Crippen molar-refractivity contribution in [3.63, 3.8) is 0 Å². The van der Waals surface area contributed by atoms with Crippen LogP contribution in [-0.2, 0) is 17.1 Å². The summed E-state index contributed by atoms with van der Waals surface area (Å²) in [5.41, 5.74) is -1.10. The van der Waals surface area contributed by atoms with Crippen LogP contribution in [0.3, 0.4) is 0 Å². The van der Waals surface area contributed by atoms with Gasteiger partial charge in [0.25, 0.3) is 5.91 Å². The third-order valence-corrected chi connectivity index (χ3v) is 6.44. The molecular weight excluding hydrogens is 520 g/mol. The smallest absolute Gasteiger partial charge is 0.345 e. The van der Waals surface area contributed by atoms with Crippen LogP contribution >= 0.6 is 11.3 Å². The minimum absolute atomic E-state index is 0.0337. The number of imidazole rings is 1. The number of aromatic nitrogens is 3. The summed E-state index contributed by atoms with van der Waals surface area (Å²) in [6.45, 7) is 8.60. The highest BCUT2D eigenvalue weighted by atomic mass is 32.1. The maximum atomic E-state index is 13.4. The molecule has 0 radical (unpaired) electrons. The number of nitrogens with one attached hydrogen (secondary N) is 2. The molecule has 37 heavy (non-hydrogen) atoms. The summed E-state index contributed by atoms with van der Waals surface area (Å²) in [5, 5.41) is 6.02. The van der Waals surface area contributed by atoms with Crippen LogP contribution in [0.15, 0.2) is 54.4 Å². The second-order valence-electron chi connectivity index (χ2n) is 8.02. The van der Waals surface area contributed by atoms with Crippen molar-refractivity contribution in [1.29, 1.82) is 0 Å². The monoisotopic (exact) mass is 543 g/mol. The molecule has 0 saturated heterocycles. The first-order valence-corrected chi connectivity index (χ1v) is 11.7. The van der Waals surface area contributed by atoms with Gasteiger partial charge in [0.05, 0.1) is 23.4 Å². The number of rotatable bonds is 8. The van der Waals surface area contributed by atoms with Crippen molar-refractivity contribution < 1.29 is 31.1 Å². The van der Waals surface area contributed by atoms with E-state index < -0.39 is 35.6 Å². The van der Waals surface area contributed by atoms with Crippen molar-refractivity contribution in [2.45, 2.75) is 45.6 Å². The first-order valence-electron chi connectivity index (χ1n) is 10.9. The number of benzene rings is 1. The Bertz CT molecular complexity index is 1300. The fourth-order valence-electron chi connectivity index (χ4n) is 3.21. The topological polar surface area (TPSA) is 71.8 Å². The number of amides is 1. The van der Waals surface area contributed by atoms with E-state index in [0.717, 1.165) is 34.2 Å². The minimum Gasteiger partial charge on any atom is -0.345 e. The van der Waals surface area contributed by atoms with E-state index in [1.165, 1.54) is 25.3 Å². The number of hydrogen-bond acceptors (Lipinski definition) is 5. The lowest BCUT2D eigenvalue weighted by atomic mass is 10.1. The molecule has 2 N–H and O–H groups in total. The SMILES string of the molecule is C=C(CC)C(=Cn1c(C(F)(F)F)cnc1C)C(=O)NC(C)c1cnc(Nc2ccc(C(F)(F)F)cc2)s1. The Morgan fingerprint density at radius 2 is 1.76 bits per heavy atom. The first-order chi connectivity index (χ1) is 17.2. The summed E-state index contributed by atoms with van der Waals surface area (Å²) in [4.78, 5) is 21.6.